The van der Waals surface area contributed by atoms with Crippen molar-refractivity contribution in [2.75, 3.05) is 27.2 Å². The maximum atomic E-state index is 12.1. The predicted molar refractivity (Wildman–Crippen MR) is 67.3 cm³/mol. The Labute approximate surface area is 111 Å². The molecule has 1 rings (SSSR count). The van der Waals surface area contributed by atoms with Gasteiger partial charge in [0, 0.05) is 20.6 Å². The van der Waals surface area contributed by atoms with E-state index in [1.807, 2.05) is 0 Å². The van der Waals surface area contributed by atoms with Gasteiger partial charge in [0.1, 0.15) is 17.4 Å². The minimum atomic E-state index is -0.359. The largest absolute Gasteiger partial charge is 0.347 e. The van der Waals surface area contributed by atoms with Crippen molar-refractivity contribution < 1.29 is 9.59 Å². The summed E-state index contributed by atoms with van der Waals surface area (Å²) in [6.07, 6.45) is 2.68. The van der Waals surface area contributed by atoms with Crippen molar-refractivity contribution in [1.82, 2.24) is 19.8 Å². The highest BCUT2D eigenvalue weighted by molar-refractivity contribution is 6.29. The number of amides is 2. The zero-order valence-corrected chi connectivity index (χ0v) is 11.3. The number of rotatable bonds is 4. The molecule has 0 spiro atoms. The second kappa shape index (κ2) is 6.30. The smallest absolute Gasteiger partial charge is 0.274 e. The molecule has 2 amide bonds. The Morgan fingerprint density at radius 2 is 2.00 bits per heavy atom. The van der Waals surface area contributed by atoms with E-state index in [-0.39, 0.29) is 29.2 Å². The van der Waals surface area contributed by atoms with Crippen LogP contribution in [0.4, 0.5) is 0 Å². The SMILES string of the molecule is CCN(CC(=O)N(C)C)C(=O)c1cncc(Cl)n1. The summed E-state index contributed by atoms with van der Waals surface area (Å²) in [5, 5.41) is 0.149. The molecule has 0 saturated carbocycles. The number of halogens is 1. The molecular formula is C11H15ClN4O2. The molecule has 0 N–H and O–H groups in total. The van der Waals surface area contributed by atoms with Gasteiger partial charge in [0.15, 0.2) is 0 Å². The summed E-state index contributed by atoms with van der Waals surface area (Å²) in [5.41, 5.74) is 0.135. The molecule has 0 aliphatic heterocycles. The number of carbonyl (C=O) groups excluding carboxylic acids is 2. The van der Waals surface area contributed by atoms with Gasteiger partial charge in [-0.3, -0.25) is 14.6 Å². The second-order valence-electron chi connectivity index (χ2n) is 3.83. The highest BCUT2D eigenvalue weighted by Crippen LogP contribution is 2.06. The van der Waals surface area contributed by atoms with Crippen LogP contribution < -0.4 is 0 Å². The molecule has 1 aromatic rings. The third kappa shape index (κ3) is 3.66. The fraction of sp³-hybridized carbons (Fsp3) is 0.455. The first kappa shape index (κ1) is 14.4. The van der Waals surface area contributed by atoms with E-state index in [0.717, 1.165) is 0 Å². The molecule has 1 heterocycles. The fourth-order valence-electron chi connectivity index (χ4n) is 1.24. The predicted octanol–water partition coefficient (Wildman–Crippen LogP) is 0.680. The molecule has 7 heteroatoms. The lowest BCUT2D eigenvalue weighted by atomic mass is 10.3. The molecule has 0 atom stereocenters. The van der Waals surface area contributed by atoms with Crippen LogP contribution in [-0.4, -0.2) is 58.8 Å². The third-order valence-electron chi connectivity index (χ3n) is 2.32. The Hall–Kier alpha value is -1.69. The summed E-state index contributed by atoms with van der Waals surface area (Å²) in [7, 11) is 3.28. The molecule has 0 aliphatic carbocycles. The molecule has 0 bridgehead atoms. The Morgan fingerprint density at radius 1 is 1.33 bits per heavy atom. The molecule has 6 nitrogen and oxygen atoms in total. The second-order valence-corrected chi connectivity index (χ2v) is 4.22. The van der Waals surface area contributed by atoms with Crippen LogP contribution in [0.1, 0.15) is 17.4 Å². The Kier molecular flexibility index (Phi) is 5.03. The van der Waals surface area contributed by atoms with E-state index in [4.69, 9.17) is 11.6 Å². The van der Waals surface area contributed by atoms with Gasteiger partial charge < -0.3 is 9.80 Å². The molecular weight excluding hydrogens is 256 g/mol. The summed E-state index contributed by atoms with van der Waals surface area (Å²) >= 11 is 5.67. The normalized spacial score (nSPS) is 10.0. The van der Waals surface area contributed by atoms with Gasteiger partial charge in [0.2, 0.25) is 5.91 Å². The van der Waals surface area contributed by atoms with Crippen LogP contribution in [0.25, 0.3) is 0 Å². The fourth-order valence-corrected chi connectivity index (χ4v) is 1.39. The highest BCUT2D eigenvalue weighted by Gasteiger charge is 2.19. The molecule has 98 valence electrons. The lowest BCUT2D eigenvalue weighted by molar-refractivity contribution is -0.129. The lowest BCUT2D eigenvalue weighted by Crippen LogP contribution is -2.40. The average molecular weight is 271 g/mol. The lowest BCUT2D eigenvalue weighted by Gasteiger charge is -2.21. The van der Waals surface area contributed by atoms with Crippen LogP contribution in [0.2, 0.25) is 5.15 Å². The van der Waals surface area contributed by atoms with Gasteiger partial charge in [0.05, 0.1) is 12.4 Å². The summed E-state index contributed by atoms with van der Waals surface area (Å²) in [4.78, 5) is 34.2. The molecule has 0 aliphatic rings. The van der Waals surface area contributed by atoms with E-state index in [1.54, 1.807) is 21.0 Å². The monoisotopic (exact) mass is 270 g/mol. The maximum Gasteiger partial charge on any atom is 0.274 e. The zero-order chi connectivity index (χ0) is 13.7. The zero-order valence-electron chi connectivity index (χ0n) is 10.6. The topological polar surface area (TPSA) is 66.4 Å². The minimum absolute atomic E-state index is 0.0104. The van der Waals surface area contributed by atoms with E-state index in [2.05, 4.69) is 9.97 Å². The summed E-state index contributed by atoms with van der Waals surface area (Å²) in [5.74, 6) is -0.511. The average Bonchev–Trinajstić information content (AvgIpc) is 2.34. The van der Waals surface area contributed by atoms with Crippen molar-refractivity contribution in [3.63, 3.8) is 0 Å². The van der Waals surface area contributed by atoms with Gasteiger partial charge in [0.25, 0.3) is 5.91 Å². The molecule has 0 unspecified atom stereocenters. The quantitative estimate of drug-likeness (QED) is 0.807. The number of likely N-dealkylation sites (N-methyl/N-ethyl adjacent to an activating group) is 2. The van der Waals surface area contributed by atoms with Gasteiger partial charge in [-0.25, -0.2) is 4.98 Å². The molecule has 0 radical (unpaired) electrons. The first-order valence-corrected chi connectivity index (χ1v) is 5.80. The van der Waals surface area contributed by atoms with Crippen molar-refractivity contribution in [2.24, 2.45) is 0 Å². The Bertz CT molecular complexity index is 450. The van der Waals surface area contributed by atoms with E-state index < -0.39 is 0 Å². The van der Waals surface area contributed by atoms with E-state index >= 15 is 0 Å². The summed E-state index contributed by atoms with van der Waals surface area (Å²) < 4.78 is 0. The van der Waals surface area contributed by atoms with Crippen molar-refractivity contribution >= 4 is 23.4 Å². The first-order valence-electron chi connectivity index (χ1n) is 5.42. The van der Waals surface area contributed by atoms with Crippen molar-refractivity contribution in [3.05, 3.63) is 23.2 Å². The van der Waals surface area contributed by atoms with Crippen LogP contribution in [0.15, 0.2) is 12.4 Å². The van der Waals surface area contributed by atoms with Gasteiger partial charge in [-0.1, -0.05) is 11.6 Å². The van der Waals surface area contributed by atoms with Crippen molar-refractivity contribution in [3.8, 4) is 0 Å². The van der Waals surface area contributed by atoms with Gasteiger partial charge in [-0.2, -0.15) is 0 Å². The number of carbonyl (C=O) groups is 2. The highest BCUT2D eigenvalue weighted by atomic mass is 35.5. The van der Waals surface area contributed by atoms with Crippen LogP contribution in [-0.2, 0) is 4.79 Å². The van der Waals surface area contributed by atoms with Crippen LogP contribution in [0.3, 0.4) is 0 Å². The van der Waals surface area contributed by atoms with Gasteiger partial charge in [-0.05, 0) is 6.92 Å². The molecule has 18 heavy (non-hydrogen) atoms. The van der Waals surface area contributed by atoms with Gasteiger partial charge >= 0.3 is 0 Å². The number of nitrogens with zero attached hydrogens (tertiary/aromatic N) is 4. The van der Waals surface area contributed by atoms with E-state index in [1.165, 1.54) is 22.2 Å². The van der Waals surface area contributed by atoms with Crippen LogP contribution >= 0.6 is 11.6 Å². The van der Waals surface area contributed by atoms with E-state index in [9.17, 15) is 9.59 Å². The van der Waals surface area contributed by atoms with E-state index in [0.29, 0.717) is 6.54 Å². The maximum absolute atomic E-state index is 12.1. The molecule has 0 saturated heterocycles. The molecule has 0 aromatic carbocycles. The van der Waals surface area contributed by atoms with Gasteiger partial charge in [-0.15, -0.1) is 0 Å². The first-order chi connectivity index (χ1) is 8.45. The molecule has 0 fully saturated rings. The Morgan fingerprint density at radius 3 is 2.50 bits per heavy atom. The van der Waals surface area contributed by atoms with Crippen LogP contribution in [0.5, 0.6) is 0 Å². The van der Waals surface area contributed by atoms with Crippen LogP contribution in [0, 0.1) is 0 Å². The van der Waals surface area contributed by atoms with Crippen molar-refractivity contribution in [1.29, 1.82) is 0 Å². The minimum Gasteiger partial charge on any atom is -0.347 e. The summed E-state index contributed by atoms with van der Waals surface area (Å²) in [6, 6.07) is 0. The Balaban J connectivity index is 2.83. The number of hydrogen-bond acceptors (Lipinski definition) is 4. The molecule has 1 aromatic heterocycles. The standard InChI is InChI=1S/C11H15ClN4O2/c1-4-16(7-10(17)15(2)3)11(18)8-5-13-6-9(12)14-8/h5-6H,4,7H2,1-3H3. The number of hydrogen-bond donors (Lipinski definition) is 0. The summed E-state index contributed by atoms with van der Waals surface area (Å²) in [6.45, 7) is 2.21. The number of aromatic nitrogens is 2. The third-order valence-corrected chi connectivity index (χ3v) is 2.50. The van der Waals surface area contributed by atoms with Crippen molar-refractivity contribution in [2.45, 2.75) is 6.92 Å².